The van der Waals surface area contributed by atoms with E-state index in [1.165, 1.54) is 0 Å². The third-order valence-corrected chi connectivity index (χ3v) is 5.31. The molecule has 3 aliphatic rings. The molecule has 1 spiro atoms. The lowest BCUT2D eigenvalue weighted by atomic mass is 9.85. The summed E-state index contributed by atoms with van der Waals surface area (Å²) in [6, 6.07) is 1.82. The second-order valence-electron chi connectivity index (χ2n) is 6.31. The van der Waals surface area contributed by atoms with Crippen LogP contribution in [-0.4, -0.2) is 52.3 Å². The molecule has 1 aromatic heterocycles. The first-order valence-electron chi connectivity index (χ1n) is 7.48. The Morgan fingerprint density at radius 3 is 2.71 bits per heavy atom. The van der Waals surface area contributed by atoms with Crippen LogP contribution in [-0.2, 0) is 4.79 Å². The van der Waals surface area contributed by atoms with Gasteiger partial charge in [-0.1, -0.05) is 0 Å². The third kappa shape index (κ3) is 1.65. The molecule has 1 saturated heterocycles. The van der Waals surface area contributed by atoms with E-state index in [9.17, 15) is 4.79 Å². The number of aromatic nitrogens is 2. The molecule has 3 heterocycles. The molecule has 6 heteroatoms. The molecule has 1 aromatic rings. The minimum atomic E-state index is -0.521. The fraction of sp³-hybridized carbons (Fsp3) is 0.600. The Labute approximate surface area is 123 Å². The van der Waals surface area contributed by atoms with Crippen LogP contribution in [0.4, 0.5) is 5.95 Å². The van der Waals surface area contributed by atoms with Crippen molar-refractivity contribution in [2.75, 3.05) is 25.0 Å². The van der Waals surface area contributed by atoms with Crippen LogP contribution in [0.3, 0.4) is 0 Å². The maximum Gasteiger partial charge on any atom is 0.255 e. The van der Waals surface area contributed by atoms with Crippen molar-refractivity contribution in [2.45, 2.75) is 25.3 Å². The van der Waals surface area contributed by atoms with Gasteiger partial charge < -0.3 is 9.80 Å². The highest BCUT2D eigenvalue weighted by Gasteiger charge is 2.60. The highest BCUT2D eigenvalue weighted by atomic mass is 16.2. The highest BCUT2D eigenvalue weighted by Crippen LogP contribution is 2.50. The Morgan fingerprint density at radius 1 is 1.29 bits per heavy atom. The van der Waals surface area contributed by atoms with E-state index in [1.807, 2.05) is 20.0 Å². The van der Waals surface area contributed by atoms with Gasteiger partial charge in [-0.15, -0.1) is 0 Å². The maximum atomic E-state index is 12.7. The van der Waals surface area contributed by atoms with E-state index >= 15 is 0 Å². The van der Waals surface area contributed by atoms with Gasteiger partial charge in [0.25, 0.3) is 5.91 Å². The zero-order chi connectivity index (χ0) is 14.6. The third-order valence-electron chi connectivity index (χ3n) is 5.31. The molecule has 2 fully saturated rings. The number of anilines is 1. The predicted molar refractivity (Wildman–Crippen MR) is 79.1 cm³/mol. The summed E-state index contributed by atoms with van der Waals surface area (Å²) in [4.78, 5) is 30.0. The molecule has 0 N–H and O–H groups in total. The first-order chi connectivity index (χ1) is 10.1. The number of rotatable bonds is 1. The van der Waals surface area contributed by atoms with Crippen molar-refractivity contribution in [3.05, 3.63) is 18.5 Å². The minimum Gasteiger partial charge on any atom is -0.340 e. The van der Waals surface area contributed by atoms with Crippen LogP contribution in [0.1, 0.15) is 19.8 Å². The summed E-state index contributed by atoms with van der Waals surface area (Å²) in [5, 5.41) is 0. The van der Waals surface area contributed by atoms with Crippen LogP contribution in [0.15, 0.2) is 23.5 Å². The van der Waals surface area contributed by atoms with Crippen LogP contribution in [0, 0.1) is 11.8 Å². The summed E-state index contributed by atoms with van der Waals surface area (Å²) in [6.45, 7) is 3.68. The summed E-state index contributed by atoms with van der Waals surface area (Å²) in [6.07, 6.45) is 5.47. The second kappa shape index (κ2) is 4.26. The molecule has 0 bridgehead atoms. The Balaban J connectivity index is 1.64. The molecule has 6 nitrogen and oxygen atoms in total. The highest BCUT2D eigenvalue weighted by molar-refractivity contribution is 6.07. The van der Waals surface area contributed by atoms with Gasteiger partial charge in [-0.2, -0.15) is 0 Å². The van der Waals surface area contributed by atoms with Crippen LogP contribution >= 0.6 is 0 Å². The zero-order valence-electron chi connectivity index (χ0n) is 12.4. The molecular formula is C15H19N5O. The number of carbonyl (C=O) groups is 1. The molecule has 2 aliphatic heterocycles. The molecule has 1 saturated carbocycles. The second-order valence-corrected chi connectivity index (χ2v) is 6.31. The Kier molecular flexibility index (Phi) is 2.58. The topological polar surface area (TPSA) is 61.7 Å². The van der Waals surface area contributed by atoms with E-state index in [-0.39, 0.29) is 11.8 Å². The van der Waals surface area contributed by atoms with Crippen molar-refractivity contribution < 1.29 is 4.79 Å². The van der Waals surface area contributed by atoms with Crippen molar-refractivity contribution in [2.24, 2.45) is 16.8 Å². The molecular weight excluding hydrogens is 266 g/mol. The van der Waals surface area contributed by atoms with E-state index in [4.69, 9.17) is 4.99 Å². The fourth-order valence-corrected chi connectivity index (χ4v) is 4.17. The number of amides is 1. The van der Waals surface area contributed by atoms with Gasteiger partial charge in [0.2, 0.25) is 5.95 Å². The lowest BCUT2D eigenvalue weighted by Crippen LogP contribution is -2.45. The zero-order valence-corrected chi connectivity index (χ0v) is 12.4. The summed E-state index contributed by atoms with van der Waals surface area (Å²) < 4.78 is 0. The minimum absolute atomic E-state index is 0.170. The van der Waals surface area contributed by atoms with Gasteiger partial charge in [0.05, 0.1) is 0 Å². The molecule has 4 rings (SSSR count). The standard InChI is InChI=1S/C15H19N5O/c1-10-18-15(13(21)19(10)2)5-4-11-8-20(9-12(11)15)14-16-6-3-7-17-14/h3,6-7,11-12H,4-5,8-9H2,1-2H3/t11-,12+,15-/m1/s1. The molecule has 0 unspecified atom stereocenters. The van der Waals surface area contributed by atoms with Gasteiger partial charge in [0.15, 0.2) is 0 Å². The van der Waals surface area contributed by atoms with Crippen LogP contribution in [0.25, 0.3) is 0 Å². The number of hydrogen-bond donors (Lipinski definition) is 0. The van der Waals surface area contributed by atoms with Gasteiger partial charge in [0.1, 0.15) is 11.4 Å². The monoisotopic (exact) mass is 285 g/mol. The molecule has 0 radical (unpaired) electrons. The molecule has 110 valence electrons. The van der Waals surface area contributed by atoms with Crippen molar-refractivity contribution in [1.29, 1.82) is 0 Å². The maximum absolute atomic E-state index is 12.7. The number of likely N-dealkylation sites (N-methyl/N-ethyl adjacent to an activating group) is 1. The van der Waals surface area contributed by atoms with Gasteiger partial charge >= 0.3 is 0 Å². The van der Waals surface area contributed by atoms with E-state index in [0.717, 1.165) is 37.7 Å². The lowest BCUT2D eigenvalue weighted by Gasteiger charge is -2.27. The molecule has 0 aromatic carbocycles. The lowest BCUT2D eigenvalue weighted by molar-refractivity contribution is -0.131. The van der Waals surface area contributed by atoms with E-state index in [1.54, 1.807) is 17.3 Å². The average Bonchev–Trinajstić information content (AvgIpc) is 3.13. The summed E-state index contributed by atoms with van der Waals surface area (Å²) >= 11 is 0. The quantitative estimate of drug-likeness (QED) is 0.771. The van der Waals surface area contributed by atoms with Gasteiger partial charge in [-0.3, -0.25) is 9.79 Å². The first kappa shape index (κ1) is 12.7. The van der Waals surface area contributed by atoms with Gasteiger partial charge in [-0.05, 0) is 31.7 Å². The van der Waals surface area contributed by atoms with E-state index < -0.39 is 5.54 Å². The van der Waals surface area contributed by atoms with Gasteiger partial charge in [-0.25, -0.2) is 9.97 Å². The smallest absolute Gasteiger partial charge is 0.255 e. The Morgan fingerprint density at radius 2 is 2.05 bits per heavy atom. The van der Waals surface area contributed by atoms with Crippen molar-refractivity contribution in [1.82, 2.24) is 14.9 Å². The first-order valence-corrected chi connectivity index (χ1v) is 7.48. The summed E-state index contributed by atoms with van der Waals surface area (Å²) in [7, 11) is 1.83. The SMILES string of the molecule is CC1=N[C@@]2(CC[C@@H]3CN(c4ncccn4)C[C@@H]32)C(=O)N1C. The number of fused-ring (bicyclic) bond motifs is 2. The number of amidine groups is 1. The average molecular weight is 285 g/mol. The molecule has 1 aliphatic carbocycles. The largest absolute Gasteiger partial charge is 0.340 e. The number of aliphatic imine (C=N–C) groups is 1. The van der Waals surface area contributed by atoms with Crippen LogP contribution in [0.5, 0.6) is 0 Å². The van der Waals surface area contributed by atoms with Gasteiger partial charge in [0, 0.05) is 38.4 Å². The van der Waals surface area contributed by atoms with E-state index in [2.05, 4.69) is 14.9 Å². The fourth-order valence-electron chi connectivity index (χ4n) is 4.17. The Bertz CT molecular complexity index is 616. The van der Waals surface area contributed by atoms with Crippen molar-refractivity contribution >= 4 is 17.7 Å². The number of carbonyl (C=O) groups excluding carboxylic acids is 1. The summed E-state index contributed by atoms with van der Waals surface area (Å²) in [5.41, 5.74) is -0.521. The number of hydrogen-bond acceptors (Lipinski definition) is 5. The molecule has 3 atom stereocenters. The van der Waals surface area contributed by atoms with Crippen LogP contribution in [0.2, 0.25) is 0 Å². The predicted octanol–water partition coefficient (Wildman–Crippen LogP) is 0.952. The molecule has 1 amide bonds. The van der Waals surface area contributed by atoms with Crippen molar-refractivity contribution in [3.63, 3.8) is 0 Å². The Hall–Kier alpha value is -1.98. The van der Waals surface area contributed by atoms with Crippen LogP contribution < -0.4 is 4.90 Å². The normalized spacial score (nSPS) is 34.8. The molecule has 21 heavy (non-hydrogen) atoms. The number of nitrogens with zero attached hydrogens (tertiary/aromatic N) is 5. The van der Waals surface area contributed by atoms with Crippen molar-refractivity contribution in [3.8, 4) is 0 Å². The van der Waals surface area contributed by atoms with E-state index in [0.29, 0.717) is 5.92 Å². The summed E-state index contributed by atoms with van der Waals surface area (Å²) in [5.74, 6) is 2.58.